The van der Waals surface area contributed by atoms with Crippen molar-refractivity contribution in [3.05, 3.63) is 82.1 Å². The molecule has 0 aliphatic carbocycles. The van der Waals surface area contributed by atoms with Gasteiger partial charge < -0.3 is 5.11 Å². The van der Waals surface area contributed by atoms with Crippen molar-refractivity contribution in [2.75, 3.05) is 0 Å². The molecule has 1 aromatic heterocycles. The van der Waals surface area contributed by atoms with E-state index in [1.54, 1.807) is 18.2 Å². The molecule has 0 spiro atoms. The molecule has 1 heterocycles. The molecule has 0 saturated heterocycles. The van der Waals surface area contributed by atoms with Crippen LogP contribution >= 0.6 is 23.2 Å². The van der Waals surface area contributed by atoms with E-state index in [0.29, 0.717) is 21.2 Å². The Morgan fingerprint density at radius 1 is 1.13 bits per heavy atom. The normalized spacial score (nSPS) is 13.7. The number of nitrogens with zero attached hydrogens (tertiary/aromatic N) is 3. The summed E-state index contributed by atoms with van der Waals surface area (Å²) in [5.41, 5.74) is -0.576. The molecule has 3 aromatic rings. The van der Waals surface area contributed by atoms with Crippen molar-refractivity contribution in [2.24, 2.45) is 0 Å². The zero-order valence-electron chi connectivity index (χ0n) is 11.8. The summed E-state index contributed by atoms with van der Waals surface area (Å²) in [5, 5.41) is 16.1. The van der Waals surface area contributed by atoms with Gasteiger partial charge in [0.2, 0.25) is 0 Å². The molecule has 0 fully saturated rings. The first-order chi connectivity index (χ1) is 11.0. The molecule has 0 amide bonds. The third-order valence-electron chi connectivity index (χ3n) is 3.56. The van der Waals surface area contributed by atoms with E-state index in [2.05, 4.69) is 10.1 Å². The smallest absolute Gasteiger partial charge is 0.137 e. The van der Waals surface area contributed by atoms with E-state index in [1.165, 1.54) is 41.6 Å². The van der Waals surface area contributed by atoms with E-state index in [1.807, 2.05) is 0 Å². The Hall–Kier alpha value is -1.95. The summed E-state index contributed by atoms with van der Waals surface area (Å²) < 4.78 is 14.7. The van der Waals surface area contributed by atoms with Crippen LogP contribution in [0.15, 0.2) is 55.1 Å². The number of aromatic nitrogens is 3. The van der Waals surface area contributed by atoms with E-state index < -0.39 is 5.60 Å². The quantitative estimate of drug-likeness (QED) is 0.780. The molecular weight excluding hydrogens is 340 g/mol. The average molecular weight is 352 g/mol. The van der Waals surface area contributed by atoms with Gasteiger partial charge in [-0.25, -0.2) is 14.1 Å². The third kappa shape index (κ3) is 3.22. The maximum Gasteiger partial charge on any atom is 0.137 e. The van der Waals surface area contributed by atoms with Crippen molar-refractivity contribution in [1.29, 1.82) is 0 Å². The minimum absolute atomic E-state index is 0.0694. The van der Waals surface area contributed by atoms with E-state index in [0.717, 1.165) is 0 Å². The van der Waals surface area contributed by atoms with Gasteiger partial charge in [0, 0.05) is 15.6 Å². The Bertz CT molecular complexity index is 809. The van der Waals surface area contributed by atoms with Crippen LogP contribution in [0.4, 0.5) is 4.39 Å². The summed E-state index contributed by atoms with van der Waals surface area (Å²) in [7, 11) is 0. The molecular formula is C16H12Cl2FN3O. The van der Waals surface area contributed by atoms with Crippen LogP contribution in [-0.2, 0) is 12.1 Å². The van der Waals surface area contributed by atoms with Crippen LogP contribution in [0.1, 0.15) is 11.1 Å². The van der Waals surface area contributed by atoms with Gasteiger partial charge in [0.1, 0.15) is 24.1 Å². The van der Waals surface area contributed by atoms with Crippen LogP contribution in [0.5, 0.6) is 0 Å². The molecule has 7 heteroatoms. The van der Waals surface area contributed by atoms with Crippen molar-refractivity contribution >= 4 is 23.2 Å². The summed E-state index contributed by atoms with van der Waals surface area (Å²) in [6.45, 7) is 0.0694. The molecule has 3 rings (SSSR count). The van der Waals surface area contributed by atoms with Crippen LogP contribution in [-0.4, -0.2) is 19.9 Å². The molecule has 0 bridgehead atoms. The zero-order chi connectivity index (χ0) is 16.4. The minimum Gasteiger partial charge on any atom is -0.378 e. The lowest BCUT2D eigenvalue weighted by molar-refractivity contribution is 0.0573. The number of rotatable bonds is 4. The van der Waals surface area contributed by atoms with E-state index in [-0.39, 0.29) is 12.4 Å². The Balaban J connectivity index is 2.14. The van der Waals surface area contributed by atoms with Crippen molar-refractivity contribution in [3.8, 4) is 0 Å². The lowest BCUT2D eigenvalue weighted by Crippen LogP contribution is -2.33. The number of benzene rings is 2. The molecule has 1 unspecified atom stereocenters. The average Bonchev–Trinajstić information content (AvgIpc) is 3.00. The van der Waals surface area contributed by atoms with Crippen molar-refractivity contribution in [1.82, 2.24) is 14.8 Å². The largest absolute Gasteiger partial charge is 0.378 e. The van der Waals surface area contributed by atoms with Gasteiger partial charge in [-0.2, -0.15) is 5.10 Å². The minimum atomic E-state index is -1.51. The van der Waals surface area contributed by atoms with Crippen LogP contribution in [0.3, 0.4) is 0 Å². The second kappa shape index (κ2) is 6.28. The number of halogens is 3. The Labute approximate surface area is 142 Å². The summed E-state index contributed by atoms with van der Waals surface area (Å²) >= 11 is 12.2. The van der Waals surface area contributed by atoms with E-state index in [9.17, 15) is 9.50 Å². The fraction of sp³-hybridized carbons (Fsp3) is 0.125. The van der Waals surface area contributed by atoms with Gasteiger partial charge in [-0.1, -0.05) is 41.4 Å². The van der Waals surface area contributed by atoms with E-state index >= 15 is 0 Å². The first kappa shape index (κ1) is 15.9. The second-order valence-electron chi connectivity index (χ2n) is 5.08. The predicted octanol–water partition coefficient (Wildman–Crippen LogP) is 3.66. The first-order valence-electron chi connectivity index (χ1n) is 6.75. The zero-order valence-corrected chi connectivity index (χ0v) is 13.3. The maximum atomic E-state index is 13.2. The predicted molar refractivity (Wildman–Crippen MR) is 85.9 cm³/mol. The molecule has 0 saturated carbocycles. The Kier molecular flexibility index (Phi) is 4.35. The van der Waals surface area contributed by atoms with Crippen molar-refractivity contribution < 1.29 is 9.50 Å². The number of hydrogen-bond acceptors (Lipinski definition) is 3. The summed E-state index contributed by atoms with van der Waals surface area (Å²) in [6, 6.07) is 10.4. The number of aliphatic hydroxyl groups is 1. The number of hydrogen-bond donors (Lipinski definition) is 1. The van der Waals surface area contributed by atoms with Gasteiger partial charge in [-0.15, -0.1) is 0 Å². The molecule has 2 aromatic carbocycles. The summed E-state index contributed by atoms with van der Waals surface area (Å²) in [4.78, 5) is 3.87. The maximum absolute atomic E-state index is 13.2. The first-order valence-corrected chi connectivity index (χ1v) is 7.51. The lowest BCUT2D eigenvalue weighted by atomic mass is 9.86. The molecule has 0 radical (unpaired) electrons. The van der Waals surface area contributed by atoms with Crippen LogP contribution in [0, 0.1) is 5.82 Å². The second-order valence-corrected chi connectivity index (χ2v) is 5.93. The van der Waals surface area contributed by atoms with Gasteiger partial charge in [0.15, 0.2) is 0 Å². The topological polar surface area (TPSA) is 50.9 Å². The molecule has 1 atom stereocenters. The lowest BCUT2D eigenvalue weighted by Gasteiger charge is -2.30. The van der Waals surface area contributed by atoms with Gasteiger partial charge in [-0.3, -0.25) is 0 Å². The fourth-order valence-electron chi connectivity index (χ4n) is 2.43. The molecule has 1 N–H and O–H groups in total. The monoisotopic (exact) mass is 351 g/mol. The molecule has 0 aliphatic heterocycles. The Morgan fingerprint density at radius 2 is 1.87 bits per heavy atom. The molecule has 23 heavy (non-hydrogen) atoms. The van der Waals surface area contributed by atoms with Gasteiger partial charge >= 0.3 is 0 Å². The Morgan fingerprint density at radius 3 is 2.48 bits per heavy atom. The molecule has 0 aliphatic rings. The highest BCUT2D eigenvalue weighted by Crippen LogP contribution is 2.37. The highest BCUT2D eigenvalue weighted by Gasteiger charge is 2.34. The molecule has 4 nitrogen and oxygen atoms in total. The summed E-state index contributed by atoms with van der Waals surface area (Å²) in [5.74, 6) is -0.390. The van der Waals surface area contributed by atoms with Crippen molar-refractivity contribution in [2.45, 2.75) is 12.1 Å². The summed E-state index contributed by atoms with van der Waals surface area (Å²) in [6.07, 6.45) is 2.85. The van der Waals surface area contributed by atoms with Crippen LogP contribution in [0.25, 0.3) is 0 Å². The van der Waals surface area contributed by atoms with Crippen LogP contribution < -0.4 is 0 Å². The highest BCUT2D eigenvalue weighted by molar-refractivity contribution is 6.35. The van der Waals surface area contributed by atoms with E-state index in [4.69, 9.17) is 23.2 Å². The highest BCUT2D eigenvalue weighted by atomic mass is 35.5. The van der Waals surface area contributed by atoms with Crippen molar-refractivity contribution in [3.63, 3.8) is 0 Å². The standard InChI is InChI=1S/C16H12Cl2FN3O/c17-12-3-6-14(15(18)7-12)16(23,8-22-10-20-9-21-22)11-1-4-13(19)5-2-11/h1-7,9-10,23H,8H2. The fourth-order valence-corrected chi connectivity index (χ4v) is 3.00. The SMILES string of the molecule is OC(Cn1cncn1)(c1ccc(F)cc1)c1ccc(Cl)cc1Cl. The van der Waals surface area contributed by atoms with Gasteiger partial charge in [-0.05, 0) is 29.8 Å². The van der Waals surface area contributed by atoms with Gasteiger partial charge in [0.25, 0.3) is 0 Å². The van der Waals surface area contributed by atoms with Crippen LogP contribution in [0.2, 0.25) is 10.0 Å². The molecule has 118 valence electrons. The third-order valence-corrected chi connectivity index (χ3v) is 4.10. The van der Waals surface area contributed by atoms with Gasteiger partial charge in [0.05, 0.1) is 6.54 Å².